The quantitative estimate of drug-likeness (QED) is 0.888. The highest BCUT2D eigenvalue weighted by atomic mass is 35.5. The maximum Gasteiger partial charge on any atom is 0.266 e. The molecule has 0 bridgehead atoms. The molecule has 0 radical (unpaired) electrons. The van der Waals surface area contributed by atoms with Gasteiger partial charge in [-0.2, -0.15) is 5.26 Å². The number of hydrogen-bond acceptors (Lipinski definition) is 3. The number of aryl methyl sites for hydroxylation is 1. The summed E-state index contributed by atoms with van der Waals surface area (Å²) in [4.78, 5) is 14.7. The Morgan fingerprint density at radius 3 is 2.70 bits per heavy atom. The Labute approximate surface area is 140 Å². The summed E-state index contributed by atoms with van der Waals surface area (Å²) in [6.07, 6.45) is 0.918. The van der Waals surface area contributed by atoms with Crippen molar-refractivity contribution in [2.24, 2.45) is 5.92 Å². The van der Waals surface area contributed by atoms with Crippen LogP contribution in [-0.2, 0) is 0 Å². The van der Waals surface area contributed by atoms with E-state index in [2.05, 4.69) is 18.8 Å². The minimum atomic E-state index is -0.407. The molecule has 0 aliphatic rings. The van der Waals surface area contributed by atoms with E-state index in [1.54, 1.807) is 31.2 Å². The van der Waals surface area contributed by atoms with Crippen molar-refractivity contribution < 1.29 is 4.74 Å². The zero-order valence-corrected chi connectivity index (χ0v) is 14.2. The highest BCUT2D eigenvalue weighted by Gasteiger charge is 2.15. The molecule has 0 aliphatic heterocycles. The van der Waals surface area contributed by atoms with E-state index in [1.807, 2.05) is 6.07 Å². The van der Waals surface area contributed by atoms with E-state index in [0.29, 0.717) is 40.1 Å². The van der Waals surface area contributed by atoms with E-state index in [4.69, 9.17) is 16.3 Å². The Hall–Kier alpha value is -2.25. The van der Waals surface area contributed by atoms with Crippen LogP contribution >= 0.6 is 11.6 Å². The lowest BCUT2D eigenvalue weighted by Gasteiger charge is -2.14. The largest absolute Gasteiger partial charge is 0.493 e. The van der Waals surface area contributed by atoms with E-state index < -0.39 is 5.56 Å². The summed E-state index contributed by atoms with van der Waals surface area (Å²) in [6, 6.07) is 8.97. The van der Waals surface area contributed by atoms with Gasteiger partial charge in [0, 0.05) is 21.8 Å². The predicted octanol–water partition coefficient (Wildman–Crippen LogP) is 4.30. The number of nitrogens with one attached hydrogen (secondary N) is 1. The molecule has 2 rings (SSSR count). The fourth-order valence-corrected chi connectivity index (χ4v) is 2.43. The van der Waals surface area contributed by atoms with Crippen molar-refractivity contribution in [2.75, 3.05) is 6.61 Å². The van der Waals surface area contributed by atoms with Crippen LogP contribution in [0, 0.1) is 24.2 Å². The number of hydrogen-bond donors (Lipinski definition) is 1. The third-order valence-corrected chi connectivity index (χ3v) is 3.70. The van der Waals surface area contributed by atoms with Crippen molar-refractivity contribution in [1.82, 2.24) is 4.98 Å². The van der Waals surface area contributed by atoms with Crippen molar-refractivity contribution >= 4 is 11.6 Å². The average molecular weight is 331 g/mol. The number of nitrogens with zero attached hydrogens (tertiary/aromatic N) is 1. The highest BCUT2D eigenvalue weighted by Crippen LogP contribution is 2.34. The van der Waals surface area contributed by atoms with Crippen molar-refractivity contribution in [3.63, 3.8) is 0 Å². The van der Waals surface area contributed by atoms with Gasteiger partial charge < -0.3 is 9.72 Å². The van der Waals surface area contributed by atoms with Crippen LogP contribution in [0.5, 0.6) is 5.75 Å². The first-order chi connectivity index (χ1) is 10.9. The van der Waals surface area contributed by atoms with Gasteiger partial charge in [-0.1, -0.05) is 25.4 Å². The molecule has 1 aromatic carbocycles. The second-order valence-corrected chi connectivity index (χ2v) is 6.29. The second kappa shape index (κ2) is 7.34. The first kappa shape index (κ1) is 17.1. The maximum absolute atomic E-state index is 12.0. The molecule has 1 N–H and O–H groups in total. The average Bonchev–Trinajstić information content (AvgIpc) is 2.47. The van der Waals surface area contributed by atoms with Crippen molar-refractivity contribution in [3.8, 4) is 22.9 Å². The minimum absolute atomic E-state index is 0.0616. The lowest BCUT2D eigenvalue weighted by atomic mass is 10.00. The topological polar surface area (TPSA) is 65.9 Å². The van der Waals surface area contributed by atoms with Crippen LogP contribution in [0.4, 0.5) is 0 Å². The number of aromatic nitrogens is 1. The molecule has 0 amide bonds. The monoisotopic (exact) mass is 330 g/mol. The molecule has 0 fully saturated rings. The molecular formula is C18H19ClN2O2. The number of benzene rings is 1. The Bertz CT molecular complexity index is 804. The molecule has 5 heteroatoms. The summed E-state index contributed by atoms with van der Waals surface area (Å²) in [5.74, 6) is 1.15. The fourth-order valence-electron chi connectivity index (χ4n) is 2.26. The molecule has 0 saturated carbocycles. The van der Waals surface area contributed by atoms with Gasteiger partial charge in [-0.05, 0) is 43.5 Å². The standard InChI is InChI=1S/C18H19ClN2O2/c1-11(2)6-7-23-17-5-4-13(19)9-15(17)14-8-12(3)21-18(22)16(14)10-20/h4-5,8-9,11H,6-7H2,1-3H3,(H,21,22). The van der Waals surface area contributed by atoms with Crippen LogP contribution in [0.25, 0.3) is 11.1 Å². The summed E-state index contributed by atoms with van der Waals surface area (Å²) < 4.78 is 5.86. The summed E-state index contributed by atoms with van der Waals surface area (Å²) in [7, 11) is 0. The van der Waals surface area contributed by atoms with Crippen LogP contribution in [0.15, 0.2) is 29.1 Å². The van der Waals surface area contributed by atoms with Crippen molar-refractivity contribution in [3.05, 3.63) is 50.9 Å². The molecule has 120 valence electrons. The zero-order chi connectivity index (χ0) is 17.0. The Morgan fingerprint density at radius 2 is 2.04 bits per heavy atom. The number of rotatable bonds is 5. The number of halogens is 1. The molecule has 4 nitrogen and oxygen atoms in total. The zero-order valence-electron chi connectivity index (χ0n) is 13.4. The van der Waals surface area contributed by atoms with Gasteiger partial charge in [-0.3, -0.25) is 4.79 Å². The Kier molecular flexibility index (Phi) is 5.46. The summed E-state index contributed by atoms with van der Waals surface area (Å²) in [5.41, 5.74) is 1.53. The van der Waals surface area contributed by atoms with Crippen LogP contribution in [0.3, 0.4) is 0 Å². The molecule has 0 spiro atoms. The number of nitriles is 1. The van der Waals surface area contributed by atoms with Crippen LogP contribution in [0.2, 0.25) is 5.02 Å². The number of aromatic amines is 1. The maximum atomic E-state index is 12.0. The molecule has 0 saturated heterocycles. The van der Waals surface area contributed by atoms with Crippen LogP contribution in [-0.4, -0.2) is 11.6 Å². The number of ether oxygens (including phenoxy) is 1. The van der Waals surface area contributed by atoms with Gasteiger partial charge in [0.15, 0.2) is 0 Å². The van der Waals surface area contributed by atoms with Crippen molar-refractivity contribution in [2.45, 2.75) is 27.2 Å². The minimum Gasteiger partial charge on any atom is -0.493 e. The Morgan fingerprint density at radius 1 is 1.30 bits per heavy atom. The number of pyridine rings is 1. The fraction of sp³-hybridized carbons (Fsp3) is 0.333. The van der Waals surface area contributed by atoms with Gasteiger partial charge in [0.25, 0.3) is 5.56 Å². The van der Waals surface area contributed by atoms with Gasteiger partial charge in [0.2, 0.25) is 0 Å². The molecule has 1 aromatic heterocycles. The predicted molar refractivity (Wildman–Crippen MR) is 91.9 cm³/mol. The smallest absolute Gasteiger partial charge is 0.266 e. The van der Waals surface area contributed by atoms with Gasteiger partial charge in [0.05, 0.1) is 6.61 Å². The molecule has 2 aromatic rings. The lowest BCUT2D eigenvalue weighted by Crippen LogP contribution is -2.13. The third-order valence-electron chi connectivity index (χ3n) is 3.46. The molecular weight excluding hydrogens is 312 g/mol. The lowest BCUT2D eigenvalue weighted by molar-refractivity contribution is 0.290. The molecule has 0 unspecified atom stereocenters. The Balaban J connectivity index is 2.53. The molecule has 1 heterocycles. The molecule has 23 heavy (non-hydrogen) atoms. The van der Waals surface area contributed by atoms with Gasteiger partial charge in [-0.15, -0.1) is 0 Å². The molecule has 0 aliphatic carbocycles. The SMILES string of the molecule is Cc1cc(-c2cc(Cl)ccc2OCCC(C)C)c(C#N)c(=O)[nH]1. The van der Waals surface area contributed by atoms with Gasteiger partial charge in [0.1, 0.15) is 17.4 Å². The first-order valence-electron chi connectivity index (χ1n) is 7.49. The van der Waals surface area contributed by atoms with E-state index in [-0.39, 0.29) is 5.56 Å². The molecule has 0 atom stereocenters. The van der Waals surface area contributed by atoms with E-state index in [1.165, 1.54) is 0 Å². The van der Waals surface area contributed by atoms with E-state index >= 15 is 0 Å². The van der Waals surface area contributed by atoms with Crippen molar-refractivity contribution in [1.29, 1.82) is 5.26 Å². The second-order valence-electron chi connectivity index (χ2n) is 5.85. The number of H-pyrrole nitrogens is 1. The van der Waals surface area contributed by atoms with E-state index in [0.717, 1.165) is 6.42 Å². The summed E-state index contributed by atoms with van der Waals surface area (Å²) in [6.45, 7) is 6.59. The normalized spacial score (nSPS) is 10.6. The third kappa shape index (κ3) is 4.14. The van der Waals surface area contributed by atoms with Crippen LogP contribution < -0.4 is 10.3 Å². The van der Waals surface area contributed by atoms with Gasteiger partial charge in [-0.25, -0.2) is 0 Å². The summed E-state index contributed by atoms with van der Waals surface area (Å²) >= 11 is 6.10. The van der Waals surface area contributed by atoms with Crippen LogP contribution in [0.1, 0.15) is 31.5 Å². The highest BCUT2D eigenvalue weighted by molar-refractivity contribution is 6.31. The first-order valence-corrected chi connectivity index (χ1v) is 7.87. The van der Waals surface area contributed by atoms with Gasteiger partial charge >= 0.3 is 0 Å². The van der Waals surface area contributed by atoms with E-state index in [9.17, 15) is 10.1 Å². The summed E-state index contributed by atoms with van der Waals surface area (Å²) in [5, 5.41) is 9.84.